The van der Waals surface area contributed by atoms with E-state index < -0.39 is 0 Å². The van der Waals surface area contributed by atoms with Crippen LogP contribution in [0, 0.1) is 5.82 Å². The number of hydrogen-bond acceptors (Lipinski definition) is 6. The second kappa shape index (κ2) is 9.24. The molecular formula is C27H27ClFN7O. The van der Waals surface area contributed by atoms with Gasteiger partial charge in [-0.3, -0.25) is 9.78 Å². The number of nitrogens with zero attached hydrogens (tertiary/aromatic N) is 4. The number of aryl methyl sites for hydroxylation is 1. The van der Waals surface area contributed by atoms with Crippen LogP contribution in [0.15, 0.2) is 54.7 Å². The zero-order valence-electron chi connectivity index (χ0n) is 20.7. The molecule has 0 unspecified atom stereocenters. The minimum absolute atomic E-state index is 0.326. The Labute approximate surface area is 218 Å². The van der Waals surface area contributed by atoms with Gasteiger partial charge in [-0.25, -0.2) is 4.39 Å². The van der Waals surface area contributed by atoms with Gasteiger partial charge in [0.1, 0.15) is 17.1 Å². The van der Waals surface area contributed by atoms with E-state index in [0.717, 1.165) is 24.2 Å². The van der Waals surface area contributed by atoms with Crippen LogP contribution in [0.5, 0.6) is 11.5 Å². The number of H-pyrrole nitrogens is 1. The maximum atomic E-state index is 15.5. The first-order chi connectivity index (χ1) is 17.8. The lowest BCUT2D eigenvalue weighted by Gasteiger charge is -2.37. The molecule has 37 heavy (non-hydrogen) atoms. The average Bonchev–Trinajstić information content (AvgIpc) is 3.41. The Balaban J connectivity index is 1.34. The lowest BCUT2D eigenvalue weighted by atomic mass is 10.1. The Kier molecular flexibility index (Phi) is 5.89. The highest BCUT2D eigenvalue weighted by molar-refractivity contribution is 6.30. The van der Waals surface area contributed by atoms with E-state index in [-0.39, 0.29) is 5.82 Å². The number of nitrogens with one attached hydrogen (secondary N) is 3. The minimum Gasteiger partial charge on any atom is -0.455 e. The topological polar surface area (TPSA) is 83.0 Å². The maximum Gasteiger partial charge on any atom is 0.163 e. The molecule has 0 amide bonds. The number of piperazine rings is 1. The Morgan fingerprint density at radius 3 is 2.70 bits per heavy atom. The molecule has 3 N–H and O–H groups in total. The van der Waals surface area contributed by atoms with Crippen LogP contribution in [0.4, 0.5) is 21.6 Å². The molecule has 5 aromatic rings. The van der Waals surface area contributed by atoms with Crippen molar-refractivity contribution in [1.82, 2.24) is 25.3 Å². The third kappa shape index (κ3) is 4.68. The summed E-state index contributed by atoms with van der Waals surface area (Å²) in [5.41, 5.74) is 2.87. The zero-order valence-corrected chi connectivity index (χ0v) is 21.5. The number of aromatic amines is 1. The number of benzene rings is 3. The van der Waals surface area contributed by atoms with Gasteiger partial charge < -0.3 is 20.3 Å². The van der Waals surface area contributed by atoms with Crippen molar-refractivity contribution in [3.05, 3.63) is 65.6 Å². The molecule has 1 fully saturated rings. The first kappa shape index (κ1) is 23.6. The largest absolute Gasteiger partial charge is 0.455 e. The van der Waals surface area contributed by atoms with Crippen molar-refractivity contribution >= 4 is 50.6 Å². The van der Waals surface area contributed by atoms with E-state index >= 15 is 4.39 Å². The molecule has 0 bridgehead atoms. The summed E-state index contributed by atoms with van der Waals surface area (Å²) in [5.74, 6) is 1.21. The smallest absolute Gasteiger partial charge is 0.163 e. The van der Waals surface area contributed by atoms with E-state index in [2.05, 4.69) is 44.7 Å². The lowest BCUT2D eigenvalue weighted by Crippen LogP contribution is -2.54. The molecular weight excluding hydrogens is 493 g/mol. The molecule has 0 spiro atoms. The van der Waals surface area contributed by atoms with Crippen molar-refractivity contribution in [2.24, 2.45) is 7.05 Å². The Morgan fingerprint density at radius 2 is 1.92 bits per heavy atom. The van der Waals surface area contributed by atoms with Gasteiger partial charge in [0.15, 0.2) is 11.6 Å². The number of ether oxygens (including phenoxy) is 1. The first-order valence-electron chi connectivity index (χ1n) is 12.2. The van der Waals surface area contributed by atoms with E-state index in [1.54, 1.807) is 22.9 Å². The lowest BCUT2D eigenvalue weighted by molar-refractivity contribution is 0.407. The van der Waals surface area contributed by atoms with Crippen LogP contribution >= 0.6 is 11.6 Å². The summed E-state index contributed by atoms with van der Waals surface area (Å²) >= 11 is 6.14. The molecule has 0 saturated carbocycles. The van der Waals surface area contributed by atoms with Gasteiger partial charge in [0.25, 0.3) is 0 Å². The normalized spacial score (nSPS) is 18.0. The Bertz CT molecular complexity index is 1600. The molecule has 1 aliphatic heterocycles. The number of aromatic nitrogens is 4. The summed E-state index contributed by atoms with van der Waals surface area (Å²) in [6.45, 7) is 5.91. The molecule has 0 radical (unpaired) electrons. The fraction of sp³-hybridized carbons (Fsp3) is 0.259. The van der Waals surface area contributed by atoms with Gasteiger partial charge >= 0.3 is 0 Å². The Hall–Kier alpha value is -3.82. The molecule has 3 heterocycles. The number of anilines is 3. The summed E-state index contributed by atoms with van der Waals surface area (Å²) in [6.07, 6.45) is 1.90. The van der Waals surface area contributed by atoms with Crippen LogP contribution in [0.1, 0.15) is 13.8 Å². The van der Waals surface area contributed by atoms with Crippen molar-refractivity contribution in [2.45, 2.75) is 25.9 Å². The van der Waals surface area contributed by atoms with E-state index in [9.17, 15) is 0 Å². The maximum absolute atomic E-state index is 15.5. The number of hydrogen-bond donors (Lipinski definition) is 3. The van der Waals surface area contributed by atoms with Crippen LogP contribution in [0.2, 0.25) is 5.02 Å². The van der Waals surface area contributed by atoms with Crippen molar-refractivity contribution in [1.29, 1.82) is 0 Å². The van der Waals surface area contributed by atoms with Gasteiger partial charge in [0, 0.05) is 66.3 Å². The summed E-state index contributed by atoms with van der Waals surface area (Å²) in [7, 11) is 1.85. The quantitative estimate of drug-likeness (QED) is 0.265. The monoisotopic (exact) mass is 519 g/mol. The molecule has 6 rings (SSSR count). The molecule has 0 aliphatic carbocycles. The predicted molar refractivity (Wildman–Crippen MR) is 146 cm³/mol. The van der Waals surface area contributed by atoms with Crippen molar-refractivity contribution < 1.29 is 9.13 Å². The molecule has 2 aromatic heterocycles. The van der Waals surface area contributed by atoms with E-state index in [4.69, 9.17) is 16.3 Å². The molecule has 1 saturated heterocycles. The fourth-order valence-electron chi connectivity index (χ4n) is 5.07. The summed E-state index contributed by atoms with van der Waals surface area (Å²) < 4.78 is 23.3. The molecule has 190 valence electrons. The van der Waals surface area contributed by atoms with Crippen molar-refractivity contribution in [3.8, 4) is 11.5 Å². The van der Waals surface area contributed by atoms with Crippen LogP contribution < -0.4 is 20.3 Å². The van der Waals surface area contributed by atoms with E-state index in [1.807, 2.05) is 43.6 Å². The van der Waals surface area contributed by atoms with Gasteiger partial charge in [-0.15, -0.1) is 0 Å². The highest BCUT2D eigenvalue weighted by atomic mass is 35.5. The second-order valence-electron chi connectivity index (χ2n) is 9.70. The number of rotatable bonds is 5. The van der Waals surface area contributed by atoms with Crippen molar-refractivity contribution in [2.75, 3.05) is 23.3 Å². The highest BCUT2D eigenvalue weighted by Crippen LogP contribution is 2.36. The highest BCUT2D eigenvalue weighted by Gasteiger charge is 2.23. The first-order valence-corrected chi connectivity index (χ1v) is 12.6. The average molecular weight is 520 g/mol. The van der Waals surface area contributed by atoms with Gasteiger partial charge in [0.2, 0.25) is 0 Å². The third-order valence-electron chi connectivity index (χ3n) is 6.50. The van der Waals surface area contributed by atoms with E-state index in [1.165, 1.54) is 0 Å². The van der Waals surface area contributed by atoms with Crippen LogP contribution in [0.25, 0.3) is 21.8 Å². The predicted octanol–water partition coefficient (Wildman–Crippen LogP) is 5.96. The van der Waals surface area contributed by atoms with Crippen LogP contribution in [-0.4, -0.2) is 45.2 Å². The van der Waals surface area contributed by atoms with Crippen molar-refractivity contribution in [3.63, 3.8) is 0 Å². The molecule has 2 atom stereocenters. The number of fused-ring (bicyclic) bond motifs is 2. The Morgan fingerprint density at radius 1 is 1.11 bits per heavy atom. The van der Waals surface area contributed by atoms with Gasteiger partial charge in [0.05, 0.1) is 10.9 Å². The second-order valence-corrected chi connectivity index (χ2v) is 10.1. The molecule has 1 aliphatic rings. The van der Waals surface area contributed by atoms with Gasteiger partial charge in [-0.05, 0) is 50.2 Å². The summed E-state index contributed by atoms with van der Waals surface area (Å²) in [5, 5.41) is 20.6. The third-order valence-corrected chi connectivity index (χ3v) is 6.73. The number of halogens is 2. The molecule has 3 aromatic carbocycles. The molecule has 8 nitrogen and oxygen atoms in total. The zero-order chi connectivity index (χ0) is 25.7. The fourth-order valence-corrected chi connectivity index (χ4v) is 5.25. The summed E-state index contributed by atoms with van der Waals surface area (Å²) in [6, 6.07) is 15.1. The standard InChI is InChI=1S/C27H27ClFN7O/c1-15-12-36(13-16(2)30-15)20-10-22(29)25-23(11-20)32-33-27(25)31-19-7-17-14-35(3)34-26(17)24(9-19)37-21-6-4-5-18(28)8-21/h4-11,14-16,30H,12-13H2,1-3H3,(H2,31,32,33)/t15-,16-/m0/s1. The summed E-state index contributed by atoms with van der Waals surface area (Å²) in [4.78, 5) is 2.21. The van der Waals surface area contributed by atoms with Gasteiger partial charge in [-0.1, -0.05) is 17.7 Å². The minimum atomic E-state index is -0.333. The van der Waals surface area contributed by atoms with Crippen LogP contribution in [0.3, 0.4) is 0 Å². The SMILES string of the molecule is C[C@H]1CN(c2cc(F)c3c(Nc4cc(Oc5cccc(Cl)c5)c5nn(C)cc5c4)n[nH]c3c2)C[C@H](C)N1. The van der Waals surface area contributed by atoms with E-state index in [0.29, 0.717) is 56.5 Å². The van der Waals surface area contributed by atoms with Gasteiger partial charge in [-0.2, -0.15) is 10.2 Å². The van der Waals surface area contributed by atoms with Crippen LogP contribution in [-0.2, 0) is 7.05 Å². The molecule has 10 heteroatoms.